The topological polar surface area (TPSA) is 78.4 Å². The van der Waals surface area contributed by atoms with Gasteiger partial charge in [-0.25, -0.2) is 19.9 Å². The molecule has 0 aliphatic carbocycles. The van der Waals surface area contributed by atoms with Crippen LogP contribution in [-0.4, -0.2) is 68.9 Å². The summed E-state index contributed by atoms with van der Waals surface area (Å²) in [4.78, 5) is 36.5. The van der Waals surface area contributed by atoms with Crippen LogP contribution < -0.4 is 9.80 Å². The van der Waals surface area contributed by atoms with Crippen LogP contribution in [0.2, 0.25) is 0 Å². The molecule has 0 atom stereocenters. The number of hydrogen-bond donors (Lipinski definition) is 0. The Labute approximate surface area is 172 Å². The molecule has 1 fully saturated rings. The van der Waals surface area contributed by atoms with Crippen LogP contribution in [0, 0.1) is 0 Å². The minimum absolute atomic E-state index is 0.0171. The van der Waals surface area contributed by atoms with Gasteiger partial charge in [0.2, 0.25) is 11.9 Å². The summed E-state index contributed by atoms with van der Waals surface area (Å²) in [5.41, 5.74) is 3.13. The predicted octanol–water partition coefficient (Wildman–Crippen LogP) is 1.95. The number of piperazine rings is 1. The highest BCUT2D eigenvalue weighted by Gasteiger charge is 2.28. The van der Waals surface area contributed by atoms with E-state index in [0.29, 0.717) is 11.5 Å². The molecule has 0 aromatic carbocycles. The number of carbonyl (C=O) groups is 1. The van der Waals surface area contributed by atoms with E-state index in [0.717, 1.165) is 51.6 Å². The third kappa shape index (κ3) is 4.22. The van der Waals surface area contributed by atoms with Crippen molar-refractivity contribution < 1.29 is 4.79 Å². The molecule has 4 heterocycles. The molecule has 0 amide bonds. The molecule has 2 aliphatic heterocycles. The Morgan fingerprint density at radius 3 is 2.07 bits per heavy atom. The highest BCUT2D eigenvalue weighted by Crippen LogP contribution is 2.25. The second-order valence-electron chi connectivity index (χ2n) is 8.79. The van der Waals surface area contributed by atoms with Crippen LogP contribution in [0.5, 0.6) is 0 Å². The molecule has 2 aliphatic rings. The van der Waals surface area contributed by atoms with Crippen LogP contribution in [-0.2, 0) is 13.0 Å². The largest absolute Gasteiger partial charge is 0.337 e. The van der Waals surface area contributed by atoms with Gasteiger partial charge in [0.25, 0.3) is 0 Å². The Morgan fingerprint density at radius 2 is 1.48 bits per heavy atom. The van der Waals surface area contributed by atoms with E-state index in [-0.39, 0.29) is 11.3 Å². The van der Waals surface area contributed by atoms with Crippen LogP contribution in [0.25, 0.3) is 0 Å². The first-order valence-corrected chi connectivity index (χ1v) is 10.2. The van der Waals surface area contributed by atoms with Gasteiger partial charge in [0, 0.05) is 75.4 Å². The molecule has 0 saturated carbocycles. The molecule has 154 valence electrons. The molecule has 0 unspecified atom stereocenters. The zero-order valence-electron chi connectivity index (χ0n) is 17.7. The van der Waals surface area contributed by atoms with Crippen LogP contribution in [0.1, 0.15) is 49.3 Å². The summed E-state index contributed by atoms with van der Waals surface area (Å²) in [6, 6.07) is 0. The van der Waals surface area contributed by atoms with Gasteiger partial charge in [0.1, 0.15) is 0 Å². The number of nitrogens with zero attached hydrogens (tertiary/aromatic N) is 7. The van der Waals surface area contributed by atoms with Crippen LogP contribution >= 0.6 is 0 Å². The molecular weight excluding hydrogens is 366 g/mol. The summed E-state index contributed by atoms with van der Waals surface area (Å²) in [7, 11) is 0. The molecular formula is C21H29N7O. The number of carbonyl (C=O) groups excluding carboxylic acids is 1. The van der Waals surface area contributed by atoms with Crippen molar-refractivity contribution in [3.63, 3.8) is 0 Å². The molecule has 2 aromatic heterocycles. The minimum Gasteiger partial charge on any atom is -0.337 e. The number of rotatable bonds is 3. The number of hydrogen-bond acceptors (Lipinski definition) is 8. The maximum absolute atomic E-state index is 11.4. The summed E-state index contributed by atoms with van der Waals surface area (Å²) < 4.78 is 0. The average Bonchev–Trinajstić information content (AvgIpc) is 2.72. The zero-order chi connectivity index (χ0) is 20.6. The number of Topliss-reactive ketones (excluding diaryl/α,β-unsaturated/α-hetero) is 1. The van der Waals surface area contributed by atoms with Crippen LogP contribution in [0.15, 0.2) is 18.6 Å². The molecule has 0 spiro atoms. The lowest BCUT2D eigenvalue weighted by Crippen LogP contribution is -2.48. The monoisotopic (exact) mass is 395 g/mol. The lowest BCUT2D eigenvalue weighted by molar-refractivity contribution is 0.101. The van der Waals surface area contributed by atoms with Crippen molar-refractivity contribution in [3.05, 3.63) is 35.4 Å². The molecule has 8 nitrogen and oxygen atoms in total. The van der Waals surface area contributed by atoms with E-state index in [9.17, 15) is 4.79 Å². The van der Waals surface area contributed by atoms with Crippen LogP contribution in [0.3, 0.4) is 0 Å². The molecule has 1 saturated heterocycles. The summed E-state index contributed by atoms with van der Waals surface area (Å²) in [6.07, 6.45) is 6.18. The van der Waals surface area contributed by atoms with E-state index in [1.54, 1.807) is 12.4 Å². The Balaban J connectivity index is 1.40. The first kappa shape index (κ1) is 19.7. The highest BCUT2D eigenvalue weighted by molar-refractivity contribution is 5.93. The van der Waals surface area contributed by atoms with Crippen molar-refractivity contribution in [2.45, 2.75) is 46.2 Å². The van der Waals surface area contributed by atoms with Gasteiger partial charge in [-0.05, 0) is 27.7 Å². The fourth-order valence-electron chi connectivity index (χ4n) is 3.80. The normalized spacial score (nSPS) is 17.9. The fraction of sp³-hybridized carbons (Fsp3) is 0.571. The van der Waals surface area contributed by atoms with Crippen molar-refractivity contribution in [2.75, 3.05) is 42.5 Å². The highest BCUT2D eigenvalue weighted by atomic mass is 16.1. The first-order chi connectivity index (χ1) is 13.8. The quantitative estimate of drug-likeness (QED) is 0.730. The smallest absolute Gasteiger partial charge is 0.225 e. The average molecular weight is 396 g/mol. The van der Waals surface area contributed by atoms with Gasteiger partial charge in [0.15, 0.2) is 5.78 Å². The van der Waals surface area contributed by atoms with Crippen molar-refractivity contribution >= 4 is 17.7 Å². The standard InChI is InChI=1S/C21H29N7O/c1-15(29)16-11-22-19(23-12-16)26-7-9-27(10-8-26)20-24-13-17-14-28(21(2,3)4)6-5-18(17)25-20/h11-13H,5-10,14H2,1-4H3. The van der Waals surface area contributed by atoms with Gasteiger partial charge in [-0.2, -0.15) is 0 Å². The Kier molecular flexibility index (Phi) is 5.21. The van der Waals surface area contributed by atoms with E-state index in [1.807, 2.05) is 6.20 Å². The third-order valence-corrected chi connectivity index (χ3v) is 5.76. The molecule has 8 heteroatoms. The van der Waals surface area contributed by atoms with Crippen molar-refractivity contribution in [2.24, 2.45) is 0 Å². The lowest BCUT2D eigenvalue weighted by Gasteiger charge is -2.39. The van der Waals surface area contributed by atoms with Crippen molar-refractivity contribution in [3.8, 4) is 0 Å². The summed E-state index contributed by atoms with van der Waals surface area (Å²) in [6.45, 7) is 13.5. The lowest BCUT2D eigenvalue weighted by atomic mass is 9.99. The molecule has 0 bridgehead atoms. The van der Waals surface area contributed by atoms with Gasteiger partial charge in [-0.1, -0.05) is 0 Å². The number of aromatic nitrogens is 4. The van der Waals surface area contributed by atoms with E-state index >= 15 is 0 Å². The van der Waals surface area contributed by atoms with Crippen LogP contribution in [0.4, 0.5) is 11.9 Å². The predicted molar refractivity (Wildman–Crippen MR) is 112 cm³/mol. The summed E-state index contributed by atoms with van der Waals surface area (Å²) >= 11 is 0. The molecule has 2 aromatic rings. The Hall–Kier alpha value is -2.61. The third-order valence-electron chi connectivity index (χ3n) is 5.76. The minimum atomic E-state index is -0.0171. The fourth-order valence-corrected chi connectivity index (χ4v) is 3.80. The van der Waals surface area contributed by atoms with Gasteiger partial charge in [-0.3, -0.25) is 9.69 Å². The maximum Gasteiger partial charge on any atom is 0.225 e. The van der Waals surface area contributed by atoms with Gasteiger partial charge in [0.05, 0.1) is 11.3 Å². The van der Waals surface area contributed by atoms with Gasteiger partial charge in [-0.15, -0.1) is 0 Å². The summed E-state index contributed by atoms with van der Waals surface area (Å²) in [5.74, 6) is 1.47. The molecule has 0 N–H and O–H groups in total. The Morgan fingerprint density at radius 1 is 0.897 bits per heavy atom. The van der Waals surface area contributed by atoms with Crippen molar-refractivity contribution in [1.82, 2.24) is 24.8 Å². The SMILES string of the molecule is CC(=O)c1cnc(N2CCN(c3ncc4c(n3)CCN(C(C)(C)C)C4)CC2)nc1. The van der Waals surface area contributed by atoms with E-state index in [1.165, 1.54) is 18.2 Å². The van der Waals surface area contributed by atoms with Gasteiger partial charge < -0.3 is 9.80 Å². The zero-order valence-corrected chi connectivity index (χ0v) is 17.7. The second kappa shape index (κ2) is 7.67. The number of ketones is 1. The summed E-state index contributed by atoms with van der Waals surface area (Å²) in [5, 5.41) is 0. The van der Waals surface area contributed by atoms with E-state index < -0.39 is 0 Å². The molecule has 4 rings (SSSR count). The first-order valence-electron chi connectivity index (χ1n) is 10.2. The van der Waals surface area contributed by atoms with Crippen molar-refractivity contribution in [1.29, 1.82) is 0 Å². The molecule has 0 radical (unpaired) electrons. The second-order valence-corrected chi connectivity index (χ2v) is 8.79. The number of fused-ring (bicyclic) bond motifs is 1. The maximum atomic E-state index is 11.4. The Bertz CT molecular complexity index is 883. The van der Waals surface area contributed by atoms with Gasteiger partial charge >= 0.3 is 0 Å². The van der Waals surface area contributed by atoms with E-state index in [4.69, 9.17) is 4.98 Å². The molecule has 29 heavy (non-hydrogen) atoms. The number of anilines is 2. The van der Waals surface area contributed by atoms with E-state index in [2.05, 4.69) is 50.4 Å².